The summed E-state index contributed by atoms with van der Waals surface area (Å²) in [5.74, 6) is 0. The second-order valence-electron chi connectivity index (χ2n) is 3.18. The van der Waals surface area contributed by atoms with Gasteiger partial charge >= 0.3 is 0 Å². The van der Waals surface area contributed by atoms with Gasteiger partial charge < -0.3 is 4.55 Å². The van der Waals surface area contributed by atoms with Crippen LogP contribution in [-0.4, -0.2) is 8.76 Å². The molecule has 2 rings (SSSR count). The number of hydrogen-bond donors (Lipinski definition) is 0. The van der Waals surface area contributed by atoms with Gasteiger partial charge in [0.2, 0.25) is 0 Å². The van der Waals surface area contributed by atoms with Gasteiger partial charge in [-0.25, -0.2) is 0 Å². The molecule has 1 atom stereocenters. The molecule has 82 valence electrons. The normalized spacial score (nSPS) is 12.6. The van der Waals surface area contributed by atoms with Gasteiger partial charge in [0.05, 0.1) is 0 Å². The molecule has 0 heterocycles. The molecule has 2 nitrogen and oxygen atoms in total. The molecule has 4 heteroatoms. The summed E-state index contributed by atoms with van der Waals surface area (Å²) in [4.78, 5) is 0. The zero-order valence-electron chi connectivity index (χ0n) is 8.45. The second-order valence-corrected chi connectivity index (χ2v) is 7.23. The van der Waals surface area contributed by atoms with Crippen molar-refractivity contribution in [2.75, 3.05) is 0 Å². The third-order valence-electron chi connectivity index (χ3n) is 2.13. The largest absolute Gasteiger partial charge is 0.768 e. The molecular weight excluding hydrogens is 239 g/mol. The highest BCUT2D eigenvalue weighted by Gasteiger charge is 2.13. The Labute approximate surface area is 98.1 Å². The van der Waals surface area contributed by atoms with Crippen LogP contribution in [0.15, 0.2) is 60.7 Å². The molecule has 2 aromatic rings. The van der Waals surface area contributed by atoms with E-state index >= 15 is 0 Å². The molecular formula is C12H10O2PS-. The topological polar surface area (TPSA) is 40.1 Å². The van der Waals surface area contributed by atoms with E-state index in [1.54, 1.807) is 0 Å². The molecule has 0 aromatic heterocycles. The molecule has 0 amide bonds. The van der Waals surface area contributed by atoms with E-state index in [0.717, 1.165) is 10.6 Å². The maximum absolute atomic E-state index is 11.3. The van der Waals surface area contributed by atoms with Crippen LogP contribution in [0.4, 0.5) is 0 Å². The zero-order chi connectivity index (χ0) is 11.4. The van der Waals surface area contributed by atoms with E-state index in [0.29, 0.717) is 0 Å². The van der Waals surface area contributed by atoms with Gasteiger partial charge in [0.1, 0.15) is 0 Å². The summed E-state index contributed by atoms with van der Waals surface area (Å²) in [6.45, 7) is 0. The van der Waals surface area contributed by atoms with Crippen LogP contribution in [0, 0.1) is 0 Å². The predicted molar refractivity (Wildman–Crippen MR) is 68.0 cm³/mol. The summed E-state index contributed by atoms with van der Waals surface area (Å²) < 4.78 is 22.7. The predicted octanol–water partition coefficient (Wildman–Crippen LogP) is 1.91. The minimum Gasteiger partial charge on any atom is -0.768 e. The van der Waals surface area contributed by atoms with E-state index in [1.165, 1.54) is 0 Å². The first-order chi connectivity index (χ1) is 7.79. The van der Waals surface area contributed by atoms with Gasteiger partial charge in [-0.15, -0.1) is 0 Å². The highest BCUT2D eigenvalue weighted by atomic mass is 32.8. The Bertz CT molecular complexity index is 433. The SMILES string of the molecule is O=S([O-])P(c1ccccc1)c1ccccc1. The third kappa shape index (κ3) is 2.56. The Morgan fingerprint density at radius 3 is 1.50 bits per heavy atom. The lowest BCUT2D eigenvalue weighted by atomic mass is 10.4. The Morgan fingerprint density at radius 2 is 1.19 bits per heavy atom. The minimum absolute atomic E-state index is 0.858. The summed E-state index contributed by atoms with van der Waals surface area (Å²) in [6.07, 6.45) is 0. The maximum atomic E-state index is 11.3. The fourth-order valence-electron chi connectivity index (χ4n) is 1.45. The highest BCUT2D eigenvalue weighted by Crippen LogP contribution is 2.36. The summed E-state index contributed by atoms with van der Waals surface area (Å²) in [5.41, 5.74) is 0. The molecule has 0 saturated carbocycles. The van der Waals surface area contributed by atoms with E-state index in [9.17, 15) is 8.76 Å². The average molecular weight is 249 g/mol. The van der Waals surface area contributed by atoms with Gasteiger partial charge in [0, 0.05) is 7.12 Å². The van der Waals surface area contributed by atoms with Gasteiger partial charge in [-0.05, 0) is 21.3 Å². The highest BCUT2D eigenvalue weighted by molar-refractivity contribution is 8.48. The van der Waals surface area contributed by atoms with E-state index in [1.807, 2.05) is 60.7 Å². The molecule has 0 fully saturated rings. The van der Waals surface area contributed by atoms with Crippen molar-refractivity contribution in [3.8, 4) is 0 Å². The standard InChI is InChI=1S/C12H11O2PS/c13-16(14)15(11-7-3-1-4-8-11)12-9-5-2-6-10-12/h1-10H,(H,13,14)/p-1. The molecule has 0 aliphatic rings. The molecule has 0 aliphatic heterocycles. The Hall–Kier alpha value is -1.02. The van der Waals surface area contributed by atoms with Crippen molar-refractivity contribution in [2.24, 2.45) is 0 Å². The van der Waals surface area contributed by atoms with E-state index in [-0.39, 0.29) is 0 Å². The van der Waals surface area contributed by atoms with Crippen molar-refractivity contribution in [2.45, 2.75) is 0 Å². The second kappa shape index (κ2) is 5.35. The van der Waals surface area contributed by atoms with Crippen LogP contribution in [0.2, 0.25) is 0 Å². The third-order valence-corrected chi connectivity index (χ3v) is 6.12. The van der Waals surface area contributed by atoms with E-state index in [2.05, 4.69) is 0 Å². The lowest BCUT2D eigenvalue weighted by Gasteiger charge is -2.20. The van der Waals surface area contributed by atoms with Crippen LogP contribution in [0.25, 0.3) is 0 Å². The van der Waals surface area contributed by atoms with Crippen molar-refractivity contribution in [3.63, 3.8) is 0 Å². The van der Waals surface area contributed by atoms with Crippen LogP contribution in [0.1, 0.15) is 0 Å². The average Bonchev–Trinajstić information content (AvgIpc) is 2.31. The van der Waals surface area contributed by atoms with Crippen molar-refractivity contribution in [1.29, 1.82) is 0 Å². The smallest absolute Gasteiger partial charge is 0.0346 e. The molecule has 0 radical (unpaired) electrons. The van der Waals surface area contributed by atoms with Crippen LogP contribution in [-0.2, 0) is 10.7 Å². The first-order valence-corrected chi connectivity index (χ1v) is 7.81. The summed E-state index contributed by atoms with van der Waals surface area (Å²) in [7, 11) is -3.38. The van der Waals surface area contributed by atoms with Crippen LogP contribution in [0.3, 0.4) is 0 Å². The fraction of sp³-hybridized carbons (Fsp3) is 0. The molecule has 0 saturated heterocycles. The first kappa shape index (κ1) is 11.5. The van der Waals surface area contributed by atoms with Gasteiger partial charge in [-0.2, -0.15) is 0 Å². The van der Waals surface area contributed by atoms with Crippen molar-refractivity contribution < 1.29 is 8.76 Å². The maximum Gasteiger partial charge on any atom is 0.0346 e. The Kier molecular flexibility index (Phi) is 3.83. The molecule has 16 heavy (non-hydrogen) atoms. The first-order valence-electron chi connectivity index (χ1n) is 4.78. The summed E-state index contributed by atoms with van der Waals surface area (Å²) in [5, 5.41) is 1.72. The lowest BCUT2D eigenvalue weighted by Crippen LogP contribution is -2.14. The van der Waals surface area contributed by atoms with Gasteiger partial charge in [-0.3, -0.25) is 4.21 Å². The molecule has 0 bridgehead atoms. The Morgan fingerprint density at radius 1 is 0.812 bits per heavy atom. The van der Waals surface area contributed by atoms with E-state index < -0.39 is 17.8 Å². The van der Waals surface area contributed by atoms with Gasteiger partial charge in [0.25, 0.3) is 0 Å². The number of hydrogen-bond acceptors (Lipinski definition) is 2. The number of benzene rings is 2. The van der Waals surface area contributed by atoms with Gasteiger partial charge in [0.15, 0.2) is 0 Å². The number of rotatable bonds is 3. The van der Waals surface area contributed by atoms with E-state index in [4.69, 9.17) is 0 Å². The van der Waals surface area contributed by atoms with Crippen LogP contribution >= 0.6 is 7.12 Å². The quantitative estimate of drug-likeness (QED) is 0.616. The molecule has 2 aromatic carbocycles. The Balaban J connectivity index is 2.44. The fourth-order valence-corrected chi connectivity index (χ4v) is 4.74. The zero-order valence-corrected chi connectivity index (χ0v) is 10.2. The van der Waals surface area contributed by atoms with Crippen molar-refractivity contribution in [1.82, 2.24) is 0 Å². The molecule has 0 N–H and O–H groups in total. The van der Waals surface area contributed by atoms with Crippen LogP contribution < -0.4 is 10.6 Å². The molecule has 0 spiro atoms. The summed E-state index contributed by atoms with van der Waals surface area (Å²) in [6, 6.07) is 18.6. The minimum atomic E-state index is -2.09. The summed E-state index contributed by atoms with van der Waals surface area (Å²) >= 11 is 0. The van der Waals surface area contributed by atoms with Crippen molar-refractivity contribution >= 4 is 28.4 Å². The van der Waals surface area contributed by atoms with Gasteiger partial charge in [-0.1, -0.05) is 60.7 Å². The lowest BCUT2D eigenvalue weighted by molar-refractivity contribution is 0.552. The molecule has 0 aliphatic carbocycles. The monoisotopic (exact) mass is 249 g/mol. The molecule has 1 unspecified atom stereocenters. The van der Waals surface area contributed by atoms with Crippen LogP contribution in [0.5, 0.6) is 0 Å². The van der Waals surface area contributed by atoms with Crippen molar-refractivity contribution in [3.05, 3.63) is 60.7 Å².